The summed E-state index contributed by atoms with van der Waals surface area (Å²) in [6.45, 7) is 6.66. The van der Waals surface area contributed by atoms with Crippen LogP contribution >= 0.6 is 0 Å². The average molecular weight is 472 g/mol. The van der Waals surface area contributed by atoms with Gasteiger partial charge in [0, 0.05) is 26.7 Å². The maximum absolute atomic E-state index is 13.3. The van der Waals surface area contributed by atoms with E-state index in [9.17, 15) is 9.59 Å². The van der Waals surface area contributed by atoms with Crippen molar-refractivity contribution in [2.24, 2.45) is 0 Å². The van der Waals surface area contributed by atoms with Crippen LogP contribution in [0.1, 0.15) is 35.6 Å². The SMILES string of the molecule is Cc1ccc([C@@H](C)CN[C@@H](C(=O)Nc2ccc(N3CCN(C)C(=O)C3)cn2)c2ccccc2)cc1. The second kappa shape index (κ2) is 11.1. The number of piperazine rings is 1. The number of benzene rings is 2. The van der Waals surface area contributed by atoms with Crippen molar-refractivity contribution in [3.63, 3.8) is 0 Å². The molecule has 2 amide bonds. The van der Waals surface area contributed by atoms with Crippen LogP contribution in [0.25, 0.3) is 0 Å². The highest BCUT2D eigenvalue weighted by Crippen LogP contribution is 2.21. The Balaban J connectivity index is 1.42. The second-order valence-corrected chi connectivity index (χ2v) is 9.19. The molecule has 1 fully saturated rings. The summed E-state index contributed by atoms with van der Waals surface area (Å²) in [6, 6.07) is 21.4. The monoisotopic (exact) mass is 471 g/mol. The molecule has 2 heterocycles. The number of anilines is 2. The zero-order chi connectivity index (χ0) is 24.8. The van der Waals surface area contributed by atoms with Gasteiger partial charge in [-0.3, -0.25) is 9.59 Å². The van der Waals surface area contributed by atoms with Gasteiger partial charge >= 0.3 is 0 Å². The van der Waals surface area contributed by atoms with E-state index in [1.165, 1.54) is 11.1 Å². The summed E-state index contributed by atoms with van der Waals surface area (Å²) < 4.78 is 0. The van der Waals surface area contributed by atoms with E-state index in [4.69, 9.17) is 0 Å². The van der Waals surface area contributed by atoms with E-state index < -0.39 is 6.04 Å². The molecule has 2 aromatic carbocycles. The Kier molecular flexibility index (Phi) is 7.77. The van der Waals surface area contributed by atoms with Gasteiger partial charge in [0.15, 0.2) is 0 Å². The Morgan fingerprint density at radius 3 is 2.40 bits per heavy atom. The van der Waals surface area contributed by atoms with Crippen molar-refractivity contribution < 1.29 is 9.59 Å². The third kappa shape index (κ3) is 6.25. The van der Waals surface area contributed by atoms with Crippen molar-refractivity contribution >= 4 is 23.3 Å². The van der Waals surface area contributed by atoms with E-state index in [0.717, 1.165) is 17.8 Å². The van der Waals surface area contributed by atoms with Crippen molar-refractivity contribution in [1.82, 2.24) is 15.2 Å². The average Bonchev–Trinajstić information content (AvgIpc) is 2.87. The maximum Gasteiger partial charge on any atom is 0.247 e. The third-order valence-electron chi connectivity index (χ3n) is 6.49. The molecular weight excluding hydrogens is 438 g/mol. The van der Waals surface area contributed by atoms with Gasteiger partial charge in [0.1, 0.15) is 11.9 Å². The predicted molar refractivity (Wildman–Crippen MR) is 139 cm³/mol. The van der Waals surface area contributed by atoms with E-state index in [2.05, 4.69) is 53.7 Å². The zero-order valence-corrected chi connectivity index (χ0v) is 20.6. The number of amides is 2. The Bertz CT molecular complexity index is 1130. The topological polar surface area (TPSA) is 77.6 Å². The summed E-state index contributed by atoms with van der Waals surface area (Å²) in [5.74, 6) is 0.652. The van der Waals surface area contributed by atoms with Crippen LogP contribution in [-0.4, -0.2) is 54.9 Å². The van der Waals surface area contributed by atoms with Crippen LogP contribution in [-0.2, 0) is 9.59 Å². The van der Waals surface area contributed by atoms with E-state index >= 15 is 0 Å². The summed E-state index contributed by atoms with van der Waals surface area (Å²) in [4.78, 5) is 33.5. The van der Waals surface area contributed by atoms with Crippen LogP contribution < -0.4 is 15.5 Å². The molecular formula is C28H33N5O2. The number of nitrogens with one attached hydrogen (secondary N) is 2. The van der Waals surface area contributed by atoms with Gasteiger partial charge in [0.2, 0.25) is 11.8 Å². The van der Waals surface area contributed by atoms with E-state index in [0.29, 0.717) is 25.5 Å². The van der Waals surface area contributed by atoms with Crippen molar-refractivity contribution in [2.45, 2.75) is 25.8 Å². The minimum atomic E-state index is -0.513. The molecule has 3 aromatic rings. The number of aryl methyl sites for hydroxylation is 1. The highest BCUT2D eigenvalue weighted by Gasteiger charge is 2.23. The molecule has 0 aliphatic carbocycles. The largest absolute Gasteiger partial charge is 0.359 e. The third-order valence-corrected chi connectivity index (χ3v) is 6.49. The van der Waals surface area contributed by atoms with Gasteiger partial charge < -0.3 is 20.4 Å². The molecule has 2 atom stereocenters. The normalized spacial score (nSPS) is 15.6. The molecule has 1 aromatic heterocycles. The minimum absolute atomic E-state index is 0.0882. The fourth-order valence-corrected chi connectivity index (χ4v) is 4.14. The standard InChI is InChI=1S/C28H33N5O2/c1-20-9-11-22(12-10-20)21(2)17-30-27(23-7-5-4-6-8-23)28(35)31-25-14-13-24(18-29-25)33-16-15-32(3)26(34)19-33/h4-14,18,21,27,30H,15-17,19H2,1-3H3,(H,29,31,35)/t21-,27+/m0/s1. The molecule has 1 aliphatic heterocycles. The lowest BCUT2D eigenvalue weighted by molar-refractivity contribution is -0.129. The lowest BCUT2D eigenvalue weighted by atomic mass is 9.98. The van der Waals surface area contributed by atoms with Crippen LogP contribution in [0.15, 0.2) is 72.9 Å². The van der Waals surface area contributed by atoms with Gasteiger partial charge in [0.05, 0.1) is 18.4 Å². The molecule has 7 nitrogen and oxygen atoms in total. The lowest BCUT2D eigenvalue weighted by Gasteiger charge is -2.33. The summed E-state index contributed by atoms with van der Waals surface area (Å²) in [5, 5.41) is 6.40. The van der Waals surface area contributed by atoms with Crippen molar-refractivity contribution in [1.29, 1.82) is 0 Å². The molecule has 0 unspecified atom stereocenters. The molecule has 7 heteroatoms. The Hall–Kier alpha value is -3.71. The molecule has 0 radical (unpaired) electrons. The van der Waals surface area contributed by atoms with Crippen LogP contribution in [0.5, 0.6) is 0 Å². The van der Waals surface area contributed by atoms with Gasteiger partial charge in [-0.1, -0.05) is 67.1 Å². The van der Waals surface area contributed by atoms with Crippen molar-refractivity contribution in [3.8, 4) is 0 Å². The maximum atomic E-state index is 13.3. The van der Waals surface area contributed by atoms with E-state index in [1.807, 2.05) is 48.3 Å². The summed E-state index contributed by atoms with van der Waals surface area (Å²) in [6.07, 6.45) is 1.71. The number of carbonyl (C=O) groups excluding carboxylic acids is 2. The zero-order valence-electron chi connectivity index (χ0n) is 20.6. The quantitative estimate of drug-likeness (QED) is 0.523. The highest BCUT2D eigenvalue weighted by molar-refractivity contribution is 5.95. The van der Waals surface area contributed by atoms with Gasteiger partial charge in [-0.25, -0.2) is 4.98 Å². The summed E-state index contributed by atoms with van der Waals surface area (Å²) >= 11 is 0. The number of pyridine rings is 1. The number of hydrogen-bond acceptors (Lipinski definition) is 5. The van der Waals surface area contributed by atoms with Crippen molar-refractivity contribution in [3.05, 3.63) is 89.6 Å². The minimum Gasteiger partial charge on any atom is -0.359 e. The number of hydrogen-bond donors (Lipinski definition) is 2. The van der Waals surface area contributed by atoms with Crippen LogP contribution in [0, 0.1) is 6.92 Å². The molecule has 0 spiro atoms. The van der Waals surface area contributed by atoms with Crippen molar-refractivity contribution in [2.75, 3.05) is 43.4 Å². The van der Waals surface area contributed by atoms with Crippen LogP contribution in [0.3, 0.4) is 0 Å². The first-order valence-corrected chi connectivity index (χ1v) is 12.0. The van der Waals surface area contributed by atoms with E-state index in [-0.39, 0.29) is 17.7 Å². The molecule has 1 saturated heterocycles. The number of rotatable bonds is 8. The molecule has 182 valence electrons. The molecule has 0 saturated carbocycles. The van der Waals surface area contributed by atoms with Crippen LogP contribution in [0.2, 0.25) is 0 Å². The summed E-state index contributed by atoms with van der Waals surface area (Å²) in [7, 11) is 1.81. The number of nitrogens with zero attached hydrogens (tertiary/aromatic N) is 3. The fourth-order valence-electron chi connectivity index (χ4n) is 4.14. The predicted octanol–water partition coefficient (Wildman–Crippen LogP) is 3.74. The first-order chi connectivity index (χ1) is 16.9. The molecule has 4 rings (SSSR count). The first-order valence-electron chi connectivity index (χ1n) is 12.0. The Morgan fingerprint density at radius 1 is 1.00 bits per heavy atom. The second-order valence-electron chi connectivity index (χ2n) is 9.19. The number of aromatic nitrogens is 1. The molecule has 2 N–H and O–H groups in total. The molecule has 35 heavy (non-hydrogen) atoms. The van der Waals surface area contributed by atoms with E-state index in [1.54, 1.807) is 17.2 Å². The van der Waals surface area contributed by atoms with Gasteiger partial charge in [-0.15, -0.1) is 0 Å². The lowest BCUT2D eigenvalue weighted by Crippen LogP contribution is -2.48. The van der Waals surface area contributed by atoms with Gasteiger partial charge in [-0.2, -0.15) is 0 Å². The van der Waals surface area contributed by atoms with Gasteiger partial charge in [0.25, 0.3) is 0 Å². The number of carbonyl (C=O) groups is 2. The summed E-state index contributed by atoms with van der Waals surface area (Å²) in [5.41, 5.74) is 4.23. The molecule has 0 bridgehead atoms. The Labute approximate surface area is 207 Å². The highest BCUT2D eigenvalue weighted by atomic mass is 16.2. The van der Waals surface area contributed by atoms with Gasteiger partial charge in [-0.05, 0) is 36.1 Å². The smallest absolute Gasteiger partial charge is 0.247 e. The fraction of sp³-hybridized carbons (Fsp3) is 0.321. The number of likely N-dealkylation sites (N-methyl/N-ethyl adjacent to an activating group) is 1. The van der Waals surface area contributed by atoms with Crippen LogP contribution in [0.4, 0.5) is 11.5 Å². The Morgan fingerprint density at radius 2 is 1.74 bits per heavy atom. The molecule has 1 aliphatic rings. The first kappa shape index (κ1) is 24.4.